The van der Waals surface area contributed by atoms with Crippen molar-refractivity contribution in [3.8, 4) is 0 Å². The Kier molecular flexibility index (Phi) is 7.87. The SMILES string of the molecule is CCOC(=O)C1CC(N)C(NC2CCCC(N3CCN(C(C)=O)CC3)C2)CC1F. The van der Waals surface area contributed by atoms with Crippen molar-refractivity contribution in [1.29, 1.82) is 0 Å². The molecule has 3 N–H and O–H groups in total. The van der Waals surface area contributed by atoms with Gasteiger partial charge in [0.15, 0.2) is 0 Å². The molecule has 1 heterocycles. The van der Waals surface area contributed by atoms with Gasteiger partial charge in [0.05, 0.1) is 12.5 Å². The van der Waals surface area contributed by atoms with Crippen LogP contribution in [-0.2, 0) is 14.3 Å². The molecule has 6 unspecified atom stereocenters. The van der Waals surface area contributed by atoms with Crippen molar-refractivity contribution in [3.63, 3.8) is 0 Å². The summed E-state index contributed by atoms with van der Waals surface area (Å²) in [6.07, 6.45) is 3.81. The van der Waals surface area contributed by atoms with E-state index >= 15 is 0 Å². The first-order valence-electron chi connectivity index (χ1n) is 11.2. The highest BCUT2D eigenvalue weighted by atomic mass is 19.1. The van der Waals surface area contributed by atoms with Gasteiger partial charge in [-0.1, -0.05) is 6.42 Å². The fraction of sp³-hybridized carbons (Fsp3) is 0.905. The quantitative estimate of drug-likeness (QED) is 0.657. The molecular formula is C21H37FN4O3. The van der Waals surface area contributed by atoms with E-state index in [1.165, 1.54) is 6.42 Å². The van der Waals surface area contributed by atoms with E-state index < -0.39 is 18.1 Å². The average Bonchev–Trinajstić information content (AvgIpc) is 2.71. The molecule has 1 aliphatic heterocycles. The Morgan fingerprint density at radius 3 is 2.52 bits per heavy atom. The molecule has 2 aliphatic carbocycles. The summed E-state index contributed by atoms with van der Waals surface area (Å²) in [6, 6.07) is 0.482. The number of alkyl halides is 1. The van der Waals surface area contributed by atoms with Crippen LogP contribution in [0.3, 0.4) is 0 Å². The number of ether oxygens (including phenoxy) is 1. The molecule has 166 valence electrons. The molecular weight excluding hydrogens is 375 g/mol. The molecule has 29 heavy (non-hydrogen) atoms. The van der Waals surface area contributed by atoms with Crippen molar-refractivity contribution >= 4 is 11.9 Å². The highest BCUT2D eigenvalue weighted by Crippen LogP contribution is 2.30. The lowest BCUT2D eigenvalue weighted by Gasteiger charge is -2.44. The number of hydrogen-bond donors (Lipinski definition) is 2. The summed E-state index contributed by atoms with van der Waals surface area (Å²) >= 11 is 0. The zero-order chi connectivity index (χ0) is 21.0. The van der Waals surface area contributed by atoms with E-state index in [1.807, 2.05) is 4.90 Å². The minimum atomic E-state index is -1.20. The number of carbonyl (C=O) groups excluding carboxylic acids is 2. The van der Waals surface area contributed by atoms with E-state index in [0.717, 1.165) is 45.4 Å². The molecule has 0 spiro atoms. The van der Waals surface area contributed by atoms with E-state index in [1.54, 1.807) is 13.8 Å². The molecule has 8 heteroatoms. The van der Waals surface area contributed by atoms with Crippen LogP contribution < -0.4 is 11.1 Å². The summed E-state index contributed by atoms with van der Waals surface area (Å²) in [5, 5.41) is 3.62. The summed E-state index contributed by atoms with van der Waals surface area (Å²) in [4.78, 5) is 27.9. The van der Waals surface area contributed by atoms with Crippen LogP contribution in [0.5, 0.6) is 0 Å². The van der Waals surface area contributed by atoms with Crippen molar-refractivity contribution in [2.75, 3.05) is 32.8 Å². The van der Waals surface area contributed by atoms with Crippen LogP contribution in [0.4, 0.5) is 4.39 Å². The molecule has 1 saturated heterocycles. The van der Waals surface area contributed by atoms with Crippen LogP contribution in [0.25, 0.3) is 0 Å². The Bertz CT molecular complexity index is 570. The lowest BCUT2D eigenvalue weighted by Crippen LogP contribution is -2.58. The van der Waals surface area contributed by atoms with Crippen LogP contribution in [0, 0.1) is 5.92 Å². The number of piperazine rings is 1. The molecule has 3 fully saturated rings. The number of halogens is 1. The van der Waals surface area contributed by atoms with E-state index in [4.69, 9.17) is 10.5 Å². The van der Waals surface area contributed by atoms with E-state index in [9.17, 15) is 14.0 Å². The number of nitrogens with two attached hydrogens (primary N) is 1. The Morgan fingerprint density at radius 1 is 1.14 bits per heavy atom. The van der Waals surface area contributed by atoms with E-state index in [0.29, 0.717) is 18.5 Å². The number of rotatable bonds is 5. The Morgan fingerprint density at radius 2 is 1.86 bits per heavy atom. The van der Waals surface area contributed by atoms with Gasteiger partial charge in [0.25, 0.3) is 0 Å². The van der Waals surface area contributed by atoms with Crippen LogP contribution in [0.1, 0.15) is 52.4 Å². The lowest BCUT2D eigenvalue weighted by molar-refractivity contribution is -0.152. The molecule has 0 aromatic rings. The van der Waals surface area contributed by atoms with Gasteiger partial charge in [0.2, 0.25) is 5.91 Å². The number of nitrogens with zero attached hydrogens (tertiary/aromatic N) is 2. The maximum absolute atomic E-state index is 14.6. The van der Waals surface area contributed by atoms with E-state index in [-0.39, 0.29) is 31.0 Å². The second kappa shape index (κ2) is 10.2. The van der Waals surface area contributed by atoms with Gasteiger partial charge in [-0.15, -0.1) is 0 Å². The maximum Gasteiger partial charge on any atom is 0.311 e. The molecule has 2 saturated carbocycles. The molecule has 1 amide bonds. The Hall–Kier alpha value is -1.25. The van der Waals surface area contributed by atoms with E-state index in [2.05, 4.69) is 10.2 Å². The number of esters is 1. The largest absolute Gasteiger partial charge is 0.466 e. The highest BCUT2D eigenvalue weighted by molar-refractivity contribution is 5.73. The summed E-state index contributed by atoms with van der Waals surface area (Å²) in [5.74, 6) is -1.04. The van der Waals surface area contributed by atoms with Crippen LogP contribution in [0.15, 0.2) is 0 Å². The molecule has 3 aliphatic rings. The fourth-order valence-electron chi connectivity index (χ4n) is 5.22. The summed E-state index contributed by atoms with van der Waals surface area (Å²) in [5.41, 5.74) is 6.32. The fourth-order valence-corrected chi connectivity index (χ4v) is 5.22. The van der Waals surface area contributed by atoms with Gasteiger partial charge < -0.3 is 20.7 Å². The van der Waals surface area contributed by atoms with Gasteiger partial charge in [-0.05, 0) is 39.0 Å². The first-order chi connectivity index (χ1) is 13.9. The van der Waals surface area contributed by atoms with Crippen molar-refractivity contribution in [1.82, 2.24) is 15.1 Å². The zero-order valence-electron chi connectivity index (χ0n) is 17.8. The van der Waals surface area contributed by atoms with Gasteiger partial charge in [0.1, 0.15) is 6.17 Å². The first kappa shape index (κ1) is 22.4. The van der Waals surface area contributed by atoms with Crippen LogP contribution >= 0.6 is 0 Å². The standard InChI is InChI=1S/C21H37FN4O3/c1-3-29-21(28)17-12-19(23)20(13-18(17)22)24-15-5-4-6-16(11-15)26-9-7-25(8-10-26)14(2)27/h15-20,24H,3-13,23H2,1-2H3. The summed E-state index contributed by atoms with van der Waals surface area (Å²) in [7, 11) is 0. The maximum atomic E-state index is 14.6. The van der Waals surface area contributed by atoms with Crippen LogP contribution in [-0.4, -0.2) is 84.8 Å². The topological polar surface area (TPSA) is 87.9 Å². The predicted molar refractivity (Wildman–Crippen MR) is 109 cm³/mol. The molecule has 7 nitrogen and oxygen atoms in total. The minimum absolute atomic E-state index is 0.103. The zero-order valence-corrected chi connectivity index (χ0v) is 17.8. The third-order valence-corrected chi connectivity index (χ3v) is 6.92. The second-order valence-corrected chi connectivity index (χ2v) is 8.84. The molecule has 3 rings (SSSR count). The molecule has 0 bridgehead atoms. The molecule has 0 aromatic carbocycles. The smallest absolute Gasteiger partial charge is 0.311 e. The lowest BCUT2D eigenvalue weighted by atomic mass is 9.80. The third-order valence-electron chi connectivity index (χ3n) is 6.92. The first-order valence-corrected chi connectivity index (χ1v) is 11.2. The van der Waals surface area contributed by atoms with Gasteiger partial charge in [-0.2, -0.15) is 0 Å². The minimum Gasteiger partial charge on any atom is -0.466 e. The number of carbonyl (C=O) groups is 2. The van der Waals surface area contributed by atoms with Crippen molar-refractivity contribution < 1.29 is 18.7 Å². The Labute approximate surface area is 173 Å². The molecule has 6 atom stereocenters. The van der Waals surface area contributed by atoms with Crippen LogP contribution in [0.2, 0.25) is 0 Å². The molecule has 0 aromatic heterocycles. The third kappa shape index (κ3) is 5.67. The van der Waals surface area contributed by atoms with Gasteiger partial charge in [0, 0.05) is 57.3 Å². The number of hydrogen-bond acceptors (Lipinski definition) is 6. The predicted octanol–water partition coefficient (Wildman–Crippen LogP) is 1.06. The normalized spacial score (nSPS) is 36.6. The summed E-state index contributed by atoms with van der Waals surface area (Å²) in [6.45, 7) is 7.09. The Balaban J connectivity index is 1.49. The molecule has 0 radical (unpaired) electrons. The second-order valence-electron chi connectivity index (χ2n) is 8.84. The summed E-state index contributed by atoms with van der Waals surface area (Å²) < 4.78 is 19.6. The number of amides is 1. The van der Waals surface area contributed by atoms with Gasteiger partial charge in [-0.25, -0.2) is 4.39 Å². The number of nitrogens with one attached hydrogen (secondary N) is 1. The van der Waals surface area contributed by atoms with Crippen molar-refractivity contribution in [2.45, 2.75) is 82.7 Å². The van der Waals surface area contributed by atoms with Crippen molar-refractivity contribution in [2.24, 2.45) is 11.7 Å². The highest BCUT2D eigenvalue weighted by Gasteiger charge is 2.41. The van der Waals surface area contributed by atoms with Gasteiger partial charge in [-0.3, -0.25) is 14.5 Å². The van der Waals surface area contributed by atoms with Crippen molar-refractivity contribution in [3.05, 3.63) is 0 Å². The monoisotopic (exact) mass is 412 g/mol. The van der Waals surface area contributed by atoms with Gasteiger partial charge >= 0.3 is 5.97 Å². The average molecular weight is 413 g/mol.